The van der Waals surface area contributed by atoms with E-state index >= 15 is 0 Å². The van der Waals surface area contributed by atoms with Gasteiger partial charge in [0.2, 0.25) is 5.91 Å². The molecule has 0 saturated heterocycles. The summed E-state index contributed by atoms with van der Waals surface area (Å²) in [5.41, 5.74) is 0.195. The Morgan fingerprint density at radius 1 is 1.57 bits per heavy atom. The van der Waals surface area contributed by atoms with E-state index in [9.17, 15) is 9.90 Å². The topological polar surface area (TPSA) is 62.2 Å². The molecule has 0 radical (unpaired) electrons. The lowest BCUT2D eigenvalue weighted by molar-refractivity contribution is -0.118. The largest absolute Gasteiger partial charge is 0.387 e. The van der Waals surface area contributed by atoms with Crippen LogP contribution in [-0.4, -0.2) is 39.1 Å². The van der Waals surface area contributed by atoms with E-state index in [1.54, 1.807) is 29.2 Å². The standard InChI is InChI=1S/C17H20N2O2S2/c1-2-22-14-9-10-17(14,21)11-18-15(20)7-8-16-19-12-5-3-4-6-13(12)23-16/h3-8,14,21H,2,9-11H2,1H3,(H,18,20)/b8-7+/t14-,17-/m1/s1. The summed E-state index contributed by atoms with van der Waals surface area (Å²) in [7, 11) is 0. The van der Waals surface area contributed by atoms with Crippen molar-refractivity contribution in [3.05, 3.63) is 35.3 Å². The number of carbonyl (C=O) groups excluding carboxylic acids is 1. The molecule has 1 saturated carbocycles. The number of hydrogen-bond acceptors (Lipinski definition) is 5. The zero-order valence-corrected chi connectivity index (χ0v) is 14.6. The number of rotatable bonds is 6. The molecule has 0 bridgehead atoms. The van der Waals surface area contributed by atoms with Gasteiger partial charge in [0.15, 0.2) is 0 Å². The number of nitrogens with zero attached hydrogens (tertiary/aromatic N) is 1. The molecule has 1 fully saturated rings. The van der Waals surface area contributed by atoms with E-state index in [0.717, 1.165) is 33.8 Å². The second-order valence-corrected chi connectivity index (χ2v) is 8.20. The van der Waals surface area contributed by atoms with Gasteiger partial charge in [-0.25, -0.2) is 4.98 Å². The smallest absolute Gasteiger partial charge is 0.244 e. The lowest BCUT2D eigenvalue weighted by Gasteiger charge is -2.44. The van der Waals surface area contributed by atoms with Crippen LogP contribution in [0.3, 0.4) is 0 Å². The molecule has 23 heavy (non-hydrogen) atoms. The van der Waals surface area contributed by atoms with Crippen molar-refractivity contribution in [2.24, 2.45) is 0 Å². The van der Waals surface area contributed by atoms with Crippen LogP contribution in [0.25, 0.3) is 16.3 Å². The summed E-state index contributed by atoms with van der Waals surface area (Å²) >= 11 is 3.32. The zero-order chi connectivity index (χ0) is 16.3. The van der Waals surface area contributed by atoms with E-state index in [4.69, 9.17) is 0 Å². The highest BCUT2D eigenvalue weighted by atomic mass is 32.2. The van der Waals surface area contributed by atoms with Gasteiger partial charge in [0.05, 0.1) is 15.8 Å². The van der Waals surface area contributed by atoms with Gasteiger partial charge >= 0.3 is 0 Å². The van der Waals surface area contributed by atoms with Gasteiger partial charge in [0, 0.05) is 17.9 Å². The molecule has 1 aromatic heterocycles. The predicted molar refractivity (Wildman–Crippen MR) is 97.8 cm³/mol. The van der Waals surface area contributed by atoms with E-state index in [0.29, 0.717) is 6.54 Å². The average Bonchev–Trinajstić information content (AvgIpc) is 2.97. The number of nitrogens with one attached hydrogen (secondary N) is 1. The number of thiazole rings is 1. The van der Waals surface area contributed by atoms with Crippen LogP contribution in [0, 0.1) is 0 Å². The molecule has 6 heteroatoms. The molecule has 1 aromatic carbocycles. The molecular weight excluding hydrogens is 328 g/mol. The Morgan fingerprint density at radius 2 is 2.39 bits per heavy atom. The minimum Gasteiger partial charge on any atom is -0.387 e. The van der Waals surface area contributed by atoms with Gasteiger partial charge in [-0.2, -0.15) is 11.8 Å². The van der Waals surface area contributed by atoms with Gasteiger partial charge < -0.3 is 10.4 Å². The summed E-state index contributed by atoms with van der Waals surface area (Å²) in [6.45, 7) is 2.40. The van der Waals surface area contributed by atoms with Crippen LogP contribution in [0.5, 0.6) is 0 Å². The van der Waals surface area contributed by atoms with E-state index in [1.807, 2.05) is 24.3 Å². The summed E-state index contributed by atoms with van der Waals surface area (Å²) < 4.78 is 1.11. The Labute approximate surface area is 144 Å². The van der Waals surface area contributed by atoms with Crippen molar-refractivity contribution in [1.29, 1.82) is 0 Å². The summed E-state index contributed by atoms with van der Waals surface area (Å²) in [5.74, 6) is 0.795. The third kappa shape index (κ3) is 3.76. The van der Waals surface area contributed by atoms with Gasteiger partial charge in [-0.05, 0) is 36.8 Å². The summed E-state index contributed by atoms with van der Waals surface area (Å²) in [6.07, 6.45) is 4.99. The lowest BCUT2D eigenvalue weighted by Crippen LogP contribution is -2.56. The first-order valence-corrected chi connectivity index (χ1v) is 9.63. The minimum absolute atomic E-state index is 0.190. The molecule has 0 aliphatic heterocycles. The maximum atomic E-state index is 11.9. The van der Waals surface area contributed by atoms with Crippen molar-refractivity contribution >= 4 is 45.3 Å². The van der Waals surface area contributed by atoms with Gasteiger partial charge in [-0.1, -0.05) is 19.1 Å². The number of benzene rings is 1. The molecule has 3 rings (SSSR count). The molecule has 4 nitrogen and oxygen atoms in total. The highest BCUT2D eigenvalue weighted by molar-refractivity contribution is 8.00. The molecule has 1 aliphatic carbocycles. The van der Waals surface area contributed by atoms with Crippen LogP contribution in [0.15, 0.2) is 30.3 Å². The molecule has 2 aromatic rings. The average molecular weight is 348 g/mol. The van der Waals surface area contributed by atoms with Gasteiger partial charge in [0.25, 0.3) is 0 Å². The fraction of sp³-hybridized carbons (Fsp3) is 0.412. The fourth-order valence-corrected chi connectivity index (χ4v) is 4.71. The first-order valence-electron chi connectivity index (χ1n) is 7.76. The van der Waals surface area contributed by atoms with Crippen molar-refractivity contribution < 1.29 is 9.90 Å². The fourth-order valence-electron chi connectivity index (χ4n) is 2.64. The third-order valence-corrected chi connectivity index (χ3v) is 6.47. The van der Waals surface area contributed by atoms with Crippen LogP contribution < -0.4 is 5.32 Å². The van der Waals surface area contributed by atoms with Crippen LogP contribution in [-0.2, 0) is 4.79 Å². The van der Waals surface area contributed by atoms with Crippen LogP contribution in [0.4, 0.5) is 0 Å². The molecule has 1 heterocycles. The number of para-hydroxylation sites is 1. The minimum atomic E-state index is -0.750. The Hall–Kier alpha value is -1.37. The molecule has 1 aliphatic rings. The van der Waals surface area contributed by atoms with E-state index in [1.165, 1.54) is 6.08 Å². The van der Waals surface area contributed by atoms with E-state index < -0.39 is 5.60 Å². The van der Waals surface area contributed by atoms with Crippen LogP contribution >= 0.6 is 23.1 Å². The lowest BCUT2D eigenvalue weighted by atomic mass is 9.79. The Morgan fingerprint density at radius 3 is 3.09 bits per heavy atom. The first-order chi connectivity index (χ1) is 11.1. The van der Waals surface area contributed by atoms with Crippen molar-refractivity contribution in [3.63, 3.8) is 0 Å². The zero-order valence-electron chi connectivity index (χ0n) is 13.0. The Balaban J connectivity index is 1.55. The van der Waals surface area contributed by atoms with Crippen molar-refractivity contribution in [1.82, 2.24) is 10.3 Å². The van der Waals surface area contributed by atoms with Gasteiger partial charge in [-0.3, -0.25) is 4.79 Å². The van der Waals surface area contributed by atoms with Crippen molar-refractivity contribution in [2.75, 3.05) is 12.3 Å². The monoisotopic (exact) mass is 348 g/mol. The maximum absolute atomic E-state index is 11.9. The maximum Gasteiger partial charge on any atom is 0.244 e. The molecule has 122 valence electrons. The summed E-state index contributed by atoms with van der Waals surface area (Å²) in [5, 5.41) is 14.3. The van der Waals surface area contributed by atoms with E-state index in [-0.39, 0.29) is 11.2 Å². The molecule has 0 unspecified atom stereocenters. The molecule has 2 atom stereocenters. The van der Waals surface area contributed by atoms with E-state index in [2.05, 4.69) is 17.2 Å². The van der Waals surface area contributed by atoms with Gasteiger partial charge in [-0.15, -0.1) is 11.3 Å². The number of aromatic nitrogens is 1. The third-order valence-electron chi connectivity index (χ3n) is 4.06. The molecule has 1 amide bonds. The Kier molecular flexibility index (Phi) is 5.04. The number of fused-ring (bicyclic) bond motifs is 1. The van der Waals surface area contributed by atoms with Crippen molar-refractivity contribution in [2.45, 2.75) is 30.6 Å². The number of carbonyl (C=O) groups is 1. The second-order valence-electron chi connectivity index (χ2n) is 5.66. The number of thioether (sulfide) groups is 1. The van der Waals surface area contributed by atoms with Crippen LogP contribution in [0.2, 0.25) is 0 Å². The molecule has 2 N–H and O–H groups in total. The SMILES string of the molecule is CCS[C@@H]1CC[C@@]1(O)CNC(=O)/C=C/c1nc2ccccc2s1. The highest BCUT2D eigenvalue weighted by Gasteiger charge is 2.45. The Bertz CT molecular complexity index is 695. The van der Waals surface area contributed by atoms with Crippen molar-refractivity contribution in [3.8, 4) is 0 Å². The summed E-state index contributed by atoms with van der Waals surface area (Å²) in [6, 6.07) is 7.90. The quantitative estimate of drug-likeness (QED) is 0.788. The number of aliphatic hydroxyl groups is 1. The first kappa shape index (κ1) is 16.5. The summed E-state index contributed by atoms with van der Waals surface area (Å²) in [4.78, 5) is 16.4. The highest BCUT2D eigenvalue weighted by Crippen LogP contribution is 2.40. The predicted octanol–water partition coefficient (Wildman–Crippen LogP) is 3.07. The normalized spacial score (nSPS) is 24.0. The number of hydrogen-bond donors (Lipinski definition) is 2. The molecule has 0 spiro atoms. The van der Waals surface area contributed by atoms with Gasteiger partial charge in [0.1, 0.15) is 5.01 Å². The van der Waals surface area contributed by atoms with Crippen LogP contribution in [0.1, 0.15) is 24.8 Å². The number of amides is 1. The molecular formula is C17H20N2O2S2. The second kappa shape index (κ2) is 7.03.